The molecule has 0 aliphatic rings. The zero-order valence-electron chi connectivity index (χ0n) is 11.9. The van der Waals surface area contributed by atoms with E-state index in [0.29, 0.717) is 5.56 Å². The zero-order chi connectivity index (χ0) is 14.7. The highest BCUT2D eigenvalue weighted by atomic mass is 16.1. The van der Waals surface area contributed by atoms with Crippen molar-refractivity contribution in [1.29, 1.82) is 0 Å². The van der Waals surface area contributed by atoms with E-state index >= 15 is 0 Å². The van der Waals surface area contributed by atoms with Crippen molar-refractivity contribution in [2.24, 2.45) is 0 Å². The number of nitrogens with zero attached hydrogens (tertiary/aromatic N) is 2. The summed E-state index contributed by atoms with van der Waals surface area (Å²) in [7, 11) is 0. The number of aromatic nitrogens is 2. The van der Waals surface area contributed by atoms with Crippen molar-refractivity contribution >= 4 is 6.29 Å². The van der Waals surface area contributed by atoms with Crippen molar-refractivity contribution < 1.29 is 4.79 Å². The summed E-state index contributed by atoms with van der Waals surface area (Å²) in [5.74, 6) is 0. The molecule has 0 saturated heterocycles. The molecule has 0 aliphatic carbocycles. The van der Waals surface area contributed by atoms with Gasteiger partial charge in [-0.25, -0.2) is 0 Å². The Hall–Kier alpha value is -2.68. The van der Waals surface area contributed by atoms with Gasteiger partial charge in [0.15, 0.2) is 6.29 Å². The predicted octanol–water partition coefficient (Wildman–Crippen LogP) is 4.05. The molecule has 1 aromatic heterocycles. The van der Waals surface area contributed by atoms with Crippen molar-refractivity contribution in [2.45, 2.75) is 13.5 Å². The number of carbonyl (C=O) groups excluding carboxylic acids is 1. The van der Waals surface area contributed by atoms with Gasteiger partial charge in [0, 0.05) is 18.3 Å². The highest BCUT2D eigenvalue weighted by molar-refractivity contribution is 5.85. The zero-order valence-corrected chi connectivity index (χ0v) is 11.9. The minimum atomic E-state index is 0.629. The summed E-state index contributed by atoms with van der Waals surface area (Å²) in [6.07, 6.45) is 2.65. The van der Waals surface area contributed by atoms with Crippen LogP contribution in [0.15, 0.2) is 60.8 Å². The van der Waals surface area contributed by atoms with E-state index < -0.39 is 0 Å². The fraction of sp³-hybridized carbons (Fsp3) is 0.111. The maximum atomic E-state index is 11.2. The third-order valence-electron chi connectivity index (χ3n) is 3.51. The Morgan fingerprint density at radius 2 is 1.57 bits per heavy atom. The molecule has 0 aliphatic heterocycles. The van der Waals surface area contributed by atoms with E-state index in [9.17, 15) is 4.79 Å². The molecule has 2 aromatic carbocycles. The molecule has 0 N–H and O–H groups in total. The van der Waals surface area contributed by atoms with Crippen molar-refractivity contribution in [2.75, 3.05) is 0 Å². The second-order valence-corrected chi connectivity index (χ2v) is 4.85. The smallest absolute Gasteiger partial charge is 0.153 e. The average Bonchev–Trinajstić information content (AvgIpc) is 2.99. The highest BCUT2D eigenvalue weighted by Gasteiger charge is 2.10. The molecule has 0 radical (unpaired) electrons. The first kappa shape index (κ1) is 13.3. The van der Waals surface area contributed by atoms with Gasteiger partial charge in [-0.2, -0.15) is 5.10 Å². The molecular formula is C18H16N2O. The second-order valence-electron chi connectivity index (χ2n) is 4.85. The molecule has 0 fully saturated rings. The van der Waals surface area contributed by atoms with E-state index in [1.807, 2.05) is 37.3 Å². The number of hydrogen-bond acceptors (Lipinski definition) is 2. The first-order chi connectivity index (χ1) is 10.3. The van der Waals surface area contributed by atoms with Crippen LogP contribution in [0.25, 0.3) is 22.4 Å². The number of carbonyl (C=O) groups is 1. The summed E-state index contributed by atoms with van der Waals surface area (Å²) in [6, 6.07) is 18.4. The monoisotopic (exact) mass is 276 g/mol. The third-order valence-corrected chi connectivity index (χ3v) is 3.51. The number of benzene rings is 2. The molecule has 0 atom stereocenters. The predicted molar refractivity (Wildman–Crippen MR) is 84.2 cm³/mol. The second kappa shape index (κ2) is 5.75. The number of hydrogen-bond donors (Lipinski definition) is 0. The Balaban J connectivity index is 1.98. The van der Waals surface area contributed by atoms with Crippen molar-refractivity contribution in [1.82, 2.24) is 9.78 Å². The Bertz CT molecular complexity index is 743. The largest absolute Gasteiger partial charge is 0.298 e. The Labute approximate surface area is 123 Å². The van der Waals surface area contributed by atoms with Gasteiger partial charge < -0.3 is 0 Å². The van der Waals surface area contributed by atoms with Crippen LogP contribution in [0.1, 0.15) is 17.3 Å². The fourth-order valence-electron chi connectivity index (χ4n) is 2.36. The lowest BCUT2D eigenvalue weighted by Gasteiger charge is -2.03. The fourth-order valence-corrected chi connectivity index (χ4v) is 2.36. The molecular weight excluding hydrogens is 260 g/mol. The van der Waals surface area contributed by atoms with Gasteiger partial charge in [0.1, 0.15) is 5.69 Å². The SMILES string of the molecule is CCn1cc(C=O)c(-c2ccc(-c3ccccc3)cc2)n1. The first-order valence-electron chi connectivity index (χ1n) is 7.00. The minimum absolute atomic E-state index is 0.629. The van der Waals surface area contributed by atoms with Gasteiger partial charge in [-0.1, -0.05) is 54.6 Å². The summed E-state index contributed by atoms with van der Waals surface area (Å²) in [5.41, 5.74) is 4.67. The van der Waals surface area contributed by atoms with Crippen molar-refractivity contribution in [3.8, 4) is 22.4 Å². The number of aldehydes is 1. The molecule has 3 rings (SSSR count). The van der Waals surface area contributed by atoms with Gasteiger partial charge in [0.05, 0.1) is 5.56 Å². The van der Waals surface area contributed by atoms with Crippen LogP contribution < -0.4 is 0 Å². The van der Waals surface area contributed by atoms with Crippen LogP contribution in [0.4, 0.5) is 0 Å². The lowest BCUT2D eigenvalue weighted by atomic mass is 10.0. The topological polar surface area (TPSA) is 34.9 Å². The van der Waals surface area contributed by atoms with Gasteiger partial charge in [-0.3, -0.25) is 9.48 Å². The van der Waals surface area contributed by atoms with Crippen LogP contribution >= 0.6 is 0 Å². The van der Waals surface area contributed by atoms with Gasteiger partial charge in [-0.15, -0.1) is 0 Å². The third kappa shape index (κ3) is 2.63. The summed E-state index contributed by atoms with van der Waals surface area (Å²) in [5, 5.41) is 4.46. The Kier molecular flexibility index (Phi) is 3.65. The lowest BCUT2D eigenvalue weighted by Crippen LogP contribution is -1.93. The van der Waals surface area contributed by atoms with Crippen LogP contribution in [0.5, 0.6) is 0 Å². The molecule has 3 nitrogen and oxygen atoms in total. The van der Waals surface area contributed by atoms with Crippen LogP contribution in [0, 0.1) is 0 Å². The van der Waals surface area contributed by atoms with Crippen molar-refractivity contribution in [3.63, 3.8) is 0 Å². The molecule has 0 spiro atoms. The number of aryl methyl sites for hydroxylation is 1. The van der Waals surface area contributed by atoms with E-state index in [1.54, 1.807) is 10.9 Å². The summed E-state index contributed by atoms with van der Waals surface area (Å²) in [6.45, 7) is 2.76. The molecule has 3 heteroatoms. The average molecular weight is 276 g/mol. The van der Waals surface area contributed by atoms with Gasteiger partial charge in [0.25, 0.3) is 0 Å². The quantitative estimate of drug-likeness (QED) is 0.674. The van der Waals surface area contributed by atoms with E-state index in [-0.39, 0.29) is 0 Å². The highest BCUT2D eigenvalue weighted by Crippen LogP contribution is 2.25. The normalized spacial score (nSPS) is 10.5. The molecule has 0 saturated carbocycles. The van der Waals surface area contributed by atoms with Gasteiger partial charge in [-0.05, 0) is 18.1 Å². The van der Waals surface area contributed by atoms with Crippen LogP contribution in [0.2, 0.25) is 0 Å². The lowest BCUT2D eigenvalue weighted by molar-refractivity contribution is 0.112. The molecule has 0 amide bonds. The molecule has 3 aromatic rings. The van der Waals surface area contributed by atoms with Gasteiger partial charge in [0.2, 0.25) is 0 Å². The Morgan fingerprint density at radius 1 is 0.952 bits per heavy atom. The molecule has 104 valence electrons. The van der Waals surface area contributed by atoms with E-state index in [1.165, 1.54) is 5.56 Å². The van der Waals surface area contributed by atoms with Crippen LogP contribution in [-0.2, 0) is 6.54 Å². The van der Waals surface area contributed by atoms with E-state index in [2.05, 4.69) is 29.4 Å². The van der Waals surface area contributed by atoms with Gasteiger partial charge >= 0.3 is 0 Å². The number of rotatable bonds is 4. The maximum absolute atomic E-state index is 11.2. The molecule has 1 heterocycles. The Morgan fingerprint density at radius 3 is 2.19 bits per heavy atom. The minimum Gasteiger partial charge on any atom is -0.298 e. The molecule has 21 heavy (non-hydrogen) atoms. The van der Waals surface area contributed by atoms with Crippen LogP contribution in [-0.4, -0.2) is 16.1 Å². The standard InChI is InChI=1S/C18H16N2O/c1-2-20-12-17(13-21)18(19-20)16-10-8-15(9-11-16)14-6-4-3-5-7-14/h3-13H,2H2,1H3. The van der Waals surface area contributed by atoms with E-state index in [4.69, 9.17) is 0 Å². The van der Waals surface area contributed by atoms with Crippen LogP contribution in [0.3, 0.4) is 0 Å². The van der Waals surface area contributed by atoms with E-state index in [0.717, 1.165) is 29.7 Å². The van der Waals surface area contributed by atoms with Crippen molar-refractivity contribution in [3.05, 3.63) is 66.4 Å². The summed E-state index contributed by atoms with van der Waals surface area (Å²) in [4.78, 5) is 11.2. The summed E-state index contributed by atoms with van der Waals surface area (Å²) < 4.78 is 1.78. The molecule has 0 unspecified atom stereocenters. The first-order valence-corrected chi connectivity index (χ1v) is 7.00. The maximum Gasteiger partial charge on any atom is 0.153 e. The molecule has 0 bridgehead atoms. The summed E-state index contributed by atoms with van der Waals surface area (Å²) >= 11 is 0.